The van der Waals surface area contributed by atoms with Gasteiger partial charge in [0.2, 0.25) is 6.71 Å². The van der Waals surface area contributed by atoms with Crippen LogP contribution in [0.1, 0.15) is 51.7 Å². The molecule has 4 nitrogen and oxygen atoms in total. The zero-order valence-electron chi connectivity index (χ0n) is 45.3. The molecule has 2 aliphatic heterocycles. The quantitative estimate of drug-likeness (QED) is 0.142. The molecule has 80 heavy (non-hydrogen) atoms. The van der Waals surface area contributed by atoms with Crippen molar-refractivity contribution < 1.29 is 4.42 Å². The molecule has 0 amide bonds. The third kappa shape index (κ3) is 7.18. The summed E-state index contributed by atoms with van der Waals surface area (Å²) in [6, 6.07) is 86.3. The molecule has 0 bridgehead atoms. The molecule has 0 saturated heterocycles. The van der Waals surface area contributed by atoms with Crippen molar-refractivity contribution in [3.63, 3.8) is 0 Å². The van der Waals surface area contributed by atoms with Gasteiger partial charge in [0.05, 0.1) is 33.1 Å². The van der Waals surface area contributed by atoms with Crippen LogP contribution in [-0.4, -0.2) is 15.8 Å². The van der Waals surface area contributed by atoms with Crippen LogP contribution in [0.2, 0.25) is 0 Å². The van der Waals surface area contributed by atoms with Gasteiger partial charge in [0.15, 0.2) is 0 Å². The van der Waals surface area contributed by atoms with Crippen LogP contribution in [0, 0.1) is 0 Å². The minimum absolute atomic E-state index is 0.0304. The summed E-state index contributed by atoms with van der Waals surface area (Å²) < 4.78 is 11.8. The lowest BCUT2D eigenvalue weighted by atomic mass is 9.34. The number of para-hydroxylation sites is 3. The van der Waals surface area contributed by atoms with Gasteiger partial charge in [0.25, 0.3) is 0 Å². The Balaban J connectivity index is 0.963. The predicted octanol–water partition coefficient (Wildman–Crippen LogP) is 18.5. The average molecular weight is 1050 g/mol. The fraction of sp³-hybridized carbons (Fsp3) is 0.108. The van der Waals surface area contributed by atoms with E-state index in [9.17, 15) is 0 Å². The Kier molecular flexibility index (Phi) is 10.6. The molecule has 3 aromatic heterocycles. The molecule has 0 saturated carbocycles. The number of nitrogens with zero attached hydrogens (tertiary/aromatic N) is 3. The van der Waals surface area contributed by atoms with Crippen molar-refractivity contribution in [2.45, 2.75) is 62.2 Å². The average Bonchev–Trinajstić information content (AvgIpc) is 4.30. The molecule has 0 spiro atoms. The van der Waals surface area contributed by atoms with Crippen LogP contribution in [-0.2, 0) is 11.8 Å². The van der Waals surface area contributed by atoms with Gasteiger partial charge in [-0.3, -0.25) is 0 Å². The molecule has 0 unspecified atom stereocenters. The van der Waals surface area contributed by atoms with Crippen LogP contribution in [0.3, 0.4) is 0 Å². The van der Waals surface area contributed by atoms with Gasteiger partial charge in [-0.2, -0.15) is 0 Å². The fourth-order valence-corrected chi connectivity index (χ4v) is 14.7. The molecule has 0 aliphatic carbocycles. The van der Waals surface area contributed by atoms with Crippen LogP contribution in [0.25, 0.3) is 99.2 Å². The van der Waals surface area contributed by atoms with Crippen molar-refractivity contribution in [2.75, 3.05) is 4.90 Å². The minimum Gasteiger partial charge on any atom is -0.456 e. The number of unbranched alkanes of at least 4 members (excludes halogenated alkanes) is 1. The molecular weight excluding hydrogens is 990 g/mol. The number of benzene rings is 11. The molecule has 0 radical (unpaired) electrons. The van der Waals surface area contributed by atoms with Crippen LogP contribution >= 0.6 is 11.8 Å². The van der Waals surface area contributed by atoms with Crippen molar-refractivity contribution in [2.24, 2.45) is 0 Å². The Morgan fingerprint density at radius 2 is 1.02 bits per heavy atom. The van der Waals surface area contributed by atoms with E-state index in [0.717, 1.165) is 41.5 Å². The second-order valence-electron chi connectivity index (χ2n) is 23.0. The van der Waals surface area contributed by atoms with Crippen molar-refractivity contribution in [1.29, 1.82) is 0 Å². The Labute approximate surface area is 470 Å². The number of aryl methyl sites for hydroxylation is 1. The molecule has 16 rings (SSSR count). The zero-order valence-corrected chi connectivity index (χ0v) is 46.1. The van der Waals surface area contributed by atoms with Crippen molar-refractivity contribution in [3.05, 3.63) is 242 Å². The molecule has 0 fully saturated rings. The number of anilines is 3. The Morgan fingerprint density at radius 1 is 0.450 bits per heavy atom. The lowest BCUT2D eigenvalue weighted by Crippen LogP contribution is -2.60. The standard InChI is InChI=1S/C74H56BN3OS/c1-5-6-19-48-32-39-68-71(56-26-15-18-29-67(56)79-68)73(48)78-65-44-52(76-61-27-16-13-24-54(61)57-40-49(30-37-63(57)76)46-20-9-7-10-21-46)33-35-59(65)75-60-36-34-53(45-69(60)80-70-43-51(74(2,3)4)42-66(78)72(70)75)77-62-28-17-14-25-55(62)58-41-50(31-38-64(58)77)47-22-11-8-12-23-47/h7-18,20-45H,5-6,19H2,1-4H3. The molecule has 2 aliphatic rings. The molecule has 14 aromatic rings. The fourth-order valence-electron chi connectivity index (χ4n) is 13.5. The highest BCUT2D eigenvalue weighted by Gasteiger charge is 2.43. The molecule has 5 heterocycles. The highest BCUT2D eigenvalue weighted by Crippen LogP contribution is 2.50. The first kappa shape index (κ1) is 47.1. The van der Waals surface area contributed by atoms with Gasteiger partial charge >= 0.3 is 0 Å². The van der Waals surface area contributed by atoms with Gasteiger partial charge in [-0.1, -0.05) is 197 Å². The third-order valence-corrected chi connectivity index (χ3v) is 18.4. The topological polar surface area (TPSA) is 26.2 Å². The highest BCUT2D eigenvalue weighted by molar-refractivity contribution is 8.00. The van der Waals surface area contributed by atoms with E-state index in [1.807, 2.05) is 11.8 Å². The maximum atomic E-state index is 6.83. The number of fused-ring (bicyclic) bond motifs is 13. The summed E-state index contributed by atoms with van der Waals surface area (Å²) >= 11 is 1.94. The number of hydrogen-bond acceptors (Lipinski definition) is 3. The van der Waals surface area contributed by atoms with Crippen molar-refractivity contribution in [1.82, 2.24) is 9.13 Å². The monoisotopic (exact) mass is 1050 g/mol. The van der Waals surface area contributed by atoms with Gasteiger partial charge in [-0.05, 0) is 147 Å². The summed E-state index contributed by atoms with van der Waals surface area (Å²) in [5.41, 5.74) is 23.9. The van der Waals surface area contributed by atoms with E-state index in [0.29, 0.717) is 0 Å². The summed E-state index contributed by atoms with van der Waals surface area (Å²) in [7, 11) is 0. The Hall–Kier alpha value is -8.97. The second kappa shape index (κ2) is 18.0. The number of furan rings is 1. The molecule has 0 atom stereocenters. The first-order valence-electron chi connectivity index (χ1n) is 28.3. The lowest BCUT2D eigenvalue weighted by molar-refractivity contribution is 0.589. The van der Waals surface area contributed by atoms with E-state index in [-0.39, 0.29) is 12.1 Å². The van der Waals surface area contributed by atoms with Gasteiger partial charge in [0, 0.05) is 59.5 Å². The van der Waals surface area contributed by atoms with Crippen LogP contribution in [0.15, 0.2) is 245 Å². The van der Waals surface area contributed by atoms with E-state index in [2.05, 4.69) is 272 Å². The minimum atomic E-state index is -0.139. The van der Waals surface area contributed by atoms with Crippen molar-refractivity contribution >= 4 is 117 Å². The summed E-state index contributed by atoms with van der Waals surface area (Å²) in [6.07, 6.45) is 3.13. The van der Waals surface area contributed by atoms with Gasteiger partial charge < -0.3 is 18.5 Å². The van der Waals surface area contributed by atoms with Crippen LogP contribution < -0.4 is 21.3 Å². The summed E-state index contributed by atoms with van der Waals surface area (Å²) in [5, 5.41) is 7.30. The first-order chi connectivity index (χ1) is 39.3. The summed E-state index contributed by atoms with van der Waals surface area (Å²) in [6.45, 7) is 9.37. The molecule has 11 aromatic carbocycles. The van der Waals surface area contributed by atoms with Gasteiger partial charge in [-0.15, -0.1) is 0 Å². The van der Waals surface area contributed by atoms with Gasteiger partial charge in [-0.25, -0.2) is 0 Å². The van der Waals surface area contributed by atoms with E-state index in [1.165, 1.54) is 131 Å². The number of rotatable bonds is 8. The summed E-state index contributed by atoms with van der Waals surface area (Å²) in [5.74, 6) is 0. The molecular formula is C74H56BN3OS. The lowest BCUT2D eigenvalue weighted by Gasteiger charge is -2.42. The smallest absolute Gasteiger partial charge is 0.249 e. The largest absolute Gasteiger partial charge is 0.456 e. The van der Waals surface area contributed by atoms with E-state index in [4.69, 9.17) is 4.42 Å². The number of hydrogen-bond donors (Lipinski definition) is 0. The van der Waals surface area contributed by atoms with E-state index >= 15 is 0 Å². The van der Waals surface area contributed by atoms with Crippen molar-refractivity contribution in [3.8, 4) is 33.6 Å². The highest BCUT2D eigenvalue weighted by atomic mass is 32.2. The normalized spacial score (nSPS) is 13.1. The maximum Gasteiger partial charge on any atom is 0.249 e. The zero-order chi connectivity index (χ0) is 53.4. The van der Waals surface area contributed by atoms with E-state index < -0.39 is 0 Å². The first-order valence-corrected chi connectivity index (χ1v) is 29.1. The predicted molar refractivity (Wildman–Crippen MR) is 340 cm³/mol. The molecule has 0 N–H and O–H groups in total. The van der Waals surface area contributed by atoms with Crippen LogP contribution in [0.5, 0.6) is 0 Å². The van der Waals surface area contributed by atoms with Gasteiger partial charge in [0.1, 0.15) is 11.2 Å². The number of aromatic nitrogens is 2. The third-order valence-electron chi connectivity index (χ3n) is 17.3. The molecule has 6 heteroatoms. The van der Waals surface area contributed by atoms with E-state index in [1.54, 1.807) is 0 Å². The maximum absolute atomic E-state index is 6.83. The Morgan fingerprint density at radius 3 is 1.66 bits per heavy atom. The Bertz CT molecular complexity index is 4850. The summed E-state index contributed by atoms with van der Waals surface area (Å²) in [4.78, 5) is 5.28. The SMILES string of the molecule is CCCCc1ccc2oc3ccccc3c2c1N1c2cc(-n3c4ccccc4c4cc(-c5ccccc5)ccc43)ccc2B2c3ccc(-n4c5ccccc5c5cc(-c6ccccc6)ccc54)cc3Sc3cc(C(C)(C)C)cc1c32. The second-order valence-corrected chi connectivity index (χ2v) is 24.1. The molecule has 382 valence electrons. The van der Waals surface area contributed by atoms with Crippen LogP contribution in [0.4, 0.5) is 17.1 Å².